The van der Waals surface area contributed by atoms with Crippen LogP contribution in [0.15, 0.2) is 69.6 Å². The summed E-state index contributed by atoms with van der Waals surface area (Å²) in [5.74, 6) is 0. The molecule has 2 nitrogen and oxygen atoms in total. The van der Waals surface area contributed by atoms with Gasteiger partial charge in [0.05, 0.1) is 18.1 Å². The Labute approximate surface area is 217 Å². The molecule has 4 aromatic carbocycles. The highest BCUT2D eigenvalue weighted by Crippen LogP contribution is 2.42. The lowest BCUT2D eigenvalue weighted by molar-refractivity contribution is -0.688. The number of hydrogen-bond donors (Lipinski definition) is 0. The van der Waals surface area contributed by atoms with Gasteiger partial charge in [0, 0.05) is 36.6 Å². The Morgan fingerprint density at radius 2 is 1.00 bits per heavy atom. The minimum atomic E-state index is 0.130. The minimum absolute atomic E-state index is 0.130. The van der Waals surface area contributed by atoms with Crippen LogP contribution in [0.3, 0.4) is 0 Å². The molecule has 0 fully saturated rings. The molecule has 0 saturated heterocycles. The van der Waals surface area contributed by atoms with E-state index in [9.17, 15) is 0 Å². The van der Waals surface area contributed by atoms with Crippen molar-refractivity contribution in [2.45, 2.75) is 40.8 Å². The molecule has 4 aromatic rings. The van der Waals surface area contributed by atoms with Crippen molar-refractivity contribution in [1.29, 1.82) is 0 Å². The van der Waals surface area contributed by atoms with Gasteiger partial charge in [-0.15, -0.1) is 9.15 Å². The molecule has 168 valence electrons. The Hall–Kier alpha value is -2.56. The molecule has 34 heavy (non-hydrogen) atoms. The largest absolute Gasteiger partial charge is 0.351 e. The van der Waals surface area contributed by atoms with E-state index < -0.39 is 0 Å². The zero-order chi connectivity index (χ0) is 23.9. The molecule has 0 radical (unpaired) electrons. The normalized spacial score (nSPS) is 15.1. The van der Waals surface area contributed by atoms with Crippen molar-refractivity contribution in [3.8, 4) is 0 Å². The maximum Gasteiger partial charge on any atom is 0.351 e. The predicted molar refractivity (Wildman–Crippen MR) is 149 cm³/mol. The van der Waals surface area contributed by atoms with E-state index >= 15 is 0 Å². The van der Waals surface area contributed by atoms with Crippen LogP contribution in [0.4, 0.5) is 11.4 Å². The summed E-state index contributed by atoms with van der Waals surface area (Å²) in [5.41, 5.74) is 13.0. The summed E-state index contributed by atoms with van der Waals surface area (Å²) >= 11 is 7.41. The van der Waals surface area contributed by atoms with Gasteiger partial charge in [-0.2, -0.15) is 0 Å². The van der Waals surface area contributed by atoms with Crippen molar-refractivity contribution >= 4 is 65.4 Å². The molecule has 0 atom stereocenters. The van der Waals surface area contributed by atoms with Gasteiger partial charge in [0.1, 0.15) is 0 Å². The SMILES string of the molecule is Cc1cc(Br)cc(C)c1[N+]1=C2C(=[N+](c3c(C)cc(Br)cc3C)C1C)c1cccc3cccc2c13. The van der Waals surface area contributed by atoms with Gasteiger partial charge >= 0.3 is 6.17 Å². The number of benzene rings is 4. The molecule has 1 heterocycles. The minimum Gasteiger partial charge on any atom is -0.123 e. The van der Waals surface area contributed by atoms with E-state index in [0.717, 1.165) is 8.95 Å². The number of fused-ring (bicyclic) bond motifs is 3. The van der Waals surface area contributed by atoms with Crippen molar-refractivity contribution < 1.29 is 9.15 Å². The standard InChI is InChI=1S/C30H26Br2N2/c1-16-12-22(31)13-17(2)27(16)33-20(5)34(28-18(3)14-23(32)15-19(28)4)30-25-11-7-9-21-8-6-10-24(26(21)25)29(30)33/h6-15,20H,1-5H3/q+2. The quantitative estimate of drug-likeness (QED) is 0.213. The molecule has 4 heteroatoms. The Balaban J connectivity index is 1.78. The van der Waals surface area contributed by atoms with Gasteiger partial charge < -0.3 is 0 Å². The van der Waals surface area contributed by atoms with Crippen LogP contribution >= 0.6 is 31.9 Å². The van der Waals surface area contributed by atoms with Crippen molar-refractivity contribution in [1.82, 2.24) is 0 Å². The third kappa shape index (κ3) is 2.98. The second-order valence-electron chi connectivity index (χ2n) is 9.55. The van der Waals surface area contributed by atoms with Gasteiger partial charge in [-0.1, -0.05) is 56.1 Å². The molecule has 1 aliphatic heterocycles. The number of rotatable bonds is 2. The molecule has 0 saturated carbocycles. The van der Waals surface area contributed by atoms with E-state index in [2.05, 4.69) is 136 Å². The molecule has 0 unspecified atom stereocenters. The third-order valence-corrected chi connectivity index (χ3v) is 8.18. The topological polar surface area (TPSA) is 6.02 Å². The molecule has 1 aliphatic carbocycles. The number of halogens is 2. The van der Waals surface area contributed by atoms with Crippen LogP contribution in [0, 0.1) is 27.7 Å². The van der Waals surface area contributed by atoms with E-state index in [4.69, 9.17) is 0 Å². The van der Waals surface area contributed by atoms with Gasteiger partial charge in [-0.3, -0.25) is 0 Å². The fourth-order valence-electron chi connectivity index (χ4n) is 6.13. The molecular weight excluding hydrogens is 548 g/mol. The van der Waals surface area contributed by atoms with Crippen molar-refractivity contribution in [2.24, 2.45) is 0 Å². The smallest absolute Gasteiger partial charge is 0.123 e. The second kappa shape index (κ2) is 7.73. The van der Waals surface area contributed by atoms with E-state index in [1.54, 1.807) is 0 Å². The van der Waals surface area contributed by atoms with Gasteiger partial charge in [0.15, 0.2) is 0 Å². The molecular formula is C30H26Br2N2+2. The van der Waals surface area contributed by atoms with Crippen LogP contribution in [0.5, 0.6) is 0 Å². The molecule has 0 spiro atoms. The van der Waals surface area contributed by atoms with Crippen LogP contribution in [-0.4, -0.2) is 26.7 Å². The lowest BCUT2D eigenvalue weighted by Crippen LogP contribution is -2.28. The first-order valence-electron chi connectivity index (χ1n) is 11.7. The average molecular weight is 574 g/mol. The summed E-state index contributed by atoms with van der Waals surface area (Å²) in [6, 6.07) is 22.4. The van der Waals surface area contributed by atoms with Gasteiger partial charge in [-0.05, 0) is 69.5 Å². The van der Waals surface area contributed by atoms with Crippen molar-refractivity contribution in [3.63, 3.8) is 0 Å². The maximum atomic E-state index is 3.70. The number of nitrogens with zero attached hydrogens (tertiary/aromatic N) is 2. The summed E-state index contributed by atoms with van der Waals surface area (Å²) in [4.78, 5) is 0. The van der Waals surface area contributed by atoms with Crippen molar-refractivity contribution in [3.05, 3.63) is 103 Å². The molecule has 0 N–H and O–H groups in total. The molecule has 0 amide bonds. The summed E-state index contributed by atoms with van der Waals surface area (Å²) in [6.07, 6.45) is 0.130. The average Bonchev–Trinajstić information content (AvgIpc) is 3.22. The number of aryl methyl sites for hydroxylation is 4. The summed E-state index contributed by atoms with van der Waals surface area (Å²) < 4.78 is 7.39. The van der Waals surface area contributed by atoms with Gasteiger partial charge in [-0.25, -0.2) is 0 Å². The lowest BCUT2D eigenvalue weighted by atomic mass is 10.0. The van der Waals surface area contributed by atoms with Crippen LogP contribution in [0.2, 0.25) is 0 Å². The third-order valence-electron chi connectivity index (χ3n) is 7.26. The fraction of sp³-hybridized carbons (Fsp3) is 0.200. The van der Waals surface area contributed by atoms with Crippen LogP contribution in [0.1, 0.15) is 40.3 Å². The number of hydrogen-bond acceptors (Lipinski definition) is 0. The molecule has 0 aromatic heterocycles. The lowest BCUT2D eigenvalue weighted by Gasteiger charge is -2.14. The first kappa shape index (κ1) is 21.9. The van der Waals surface area contributed by atoms with Crippen LogP contribution in [-0.2, 0) is 0 Å². The van der Waals surface area contributed by atoms with E-state index in [1.165, 1.54) is 67.0 Å². The Morgan fingerprint density at radius 3 is 1.38 bits per heavy atom. The molecule has 0 bridgehead atoms. The summed E-state index contributed by atoms with van der Waals surface area (Å²) in [5, 5.41) is 2.65. The molecule has 6 rings (SSSR count). The van der Waals surface area contributed by atoms with Crippen LogP contribution in [0.25, 0.3) is 10.8 Å². The highest BCUT2D eigenvalue weighted by Gasteiger charge is 2.54. The fourth-order valence-corrected chi connectivity index (χ4v) is 7.50. The Morgan fingerprint density at radius 1 is 0.618 bits per heavy atom. The highest BCUT2D eigenvalue weighted by molar-refractivity contribution is 9.10. The second-order valence-corrected chi connectivity index (χ2v) is 11.4. The summed E-state index contributed by atoms with van der Waals surface area (Å²) in [6.45, 7) is 11.2. The Bertz CT molecular complexity index is 1460. The molecule has 2 aliphatic rings. The zero-order valence-electron chi connectivity index (χ0n) is 20.0. The van der Waals surface area contributed by atoms with E-state index in [-0.39, 0.29) is 6.17 Å². The van der Waals surface area contributed by atoms with Crippen LogP contribution < -0.4 is 0 Å². The summed E-state index contributed by atoms with van der Waals surface area (Å²) in [7, 11) is 0. The van der Waals surface area contributed by atoms with E-state index in [1.807, 2.05) is 0 Å². The van der Waals surface area contributed by atoms with Crippen molar-refractivity contribution in [2.75, 3.05) is 0 Å². The highest BCUT2D eigenvalue weighted by atomic mass is 79.9. The predicted octanol–water partition coefficient (Wildman–Crippen LogP) is 8.24. The maximum absolute atomic E-state index is 3.70. The first-order chi connectivity index (χ1) is 16.3. The van der Waals surface area contributed by atoms with E-state index in [0.29, 0.717) is 0 Å². The van der Waals surface area contributed by atoms with Gasteiger partial charge in [0.25, 0.3) is 11.4 Å². The Kier molecular flexibility index (Phi) is 4.98. The first-order valence-corrected chi connectivity index (χ1v) is 13.2. The monoisotopic (exact) mass is 572 g/mol. The zero-order valence-corrected chi connectivity index (χ0v) is 23.2. The van der Waals surface area contributed by atoms with Gasteiger partial charge in [0.2, 0.25) is 11.4 Å².